The Bertz CT molecular complexity index is 590. The number of anilines is 1. The second-order valence-corrected chi connectivity index (χ2v) is 4.81. The molecule has 98 valence electrons. The van der Waals surface area contributed by atoms with Crippen molar-refractivity contribution in [2.75, 3.05) is 11.1 Å². The molecular weight excluding hydrogens is 262 g/mol. The topological polar surface area (TPSA) is 75.1 Å². The molecular formula is C13H13N3O2S. The monoisotopic (exact) mass is 275 g/mol. The number of thioether (sulfide) groups is 1. The minimum Gasteiger partial charge on any atom is -0.508 e. The third-order valence-corrected chi connectivity index (χ3v) is 3.10. The largest absolute Gasteiger partial charge is 0.508 e. The number of amides is 1. The number of nitrogens with zero attached hydrogens (tertiary/aromatic N) is 2. The lowest BCUT2D eigenvalue weighted by atomic mass is 10.3. The number of phenolic OH excluding ortho intramolecular Hbond substituents is 1. The van der Waals surface area contributed by atoms with Gasteiger partial charge < -0.3 is 10.4 Å². The Hall–Kier alpha value is -2.08. The summed E-state index contributed by atoms with van der Waals surface area (Å²) in [6.07, 6.45) is 1.66. The Morgan fingerprint density at radius 1 is 1.42 bits per heavy atom. The van der Waals surface area contributed by atoms with Crippen LogP contribution in [0.3, 0.4) is 0 Å². The van der Waals surface area contributed by atoms with Gasteiger partial charge in [0.05, 0.1) is 5.75 Å². The van der Waals surface area contributed by atoms with Crippen LogP contribution in [0.25, 0.3) is 0 Å². The molecule has 19 heavy (non-hydrogen) atoms. The molecule has 0 unspecified atom stereocenters. The maximum absolute atomic E-state index is 11.7. The van der Waals surface area contributed by atoms with Crippen molar-refractivity contribution in [2.45, 2.75) is 12.1 Å². The Kier molecular flexibility index (Phi) is 4.35. The number of carbonyl (C=O) groups is 1. The molecule has 1 amide bonds. The third kappa shape index (κ3) is 4.26. The first-order chi connectivity index (χ1) is 9.13. The fourth-order valence-corrected chi connectivity index (χ4v) is 2.08. The summed E-state index contributed by atoms with van der Waals surface area (Å²) in [6.45, 7) is 1.87. The van der Waals surface area contributed by atoms with Crippen LogP contribution < -0.4 is 5.32 Å². The Morgan fingerprint density at radius 2 is 2.26 bits per heavy atom. The quantitative estimate of drug-likeness (QED) is 0.661. The van der Waals surface area contributed by atoms with Gasteiger partial charge in [0.1, 0.15) is 5.75 Å². The van der Waals surface area contributed by atoms with Crippen LogP contribution in [-0.2, 0) is 4.79 Å². The zero-order valence-corrected chi connectivity index (χ0v) is 11.1. The first-order valence-electron chi connectivity index (χ1n) is 5.65. The van der Waals surface area contributed by atoms with Crippen LogP contribution in [0, 0.1) is 6.92 Å². The Balaban J connectivity index is 1.88. The lowest BCUT2D eigenvalue weighted by Gasteiger charge is -2.05. The van der Waals surface area contributed by atoms with Crippen LogP contribution in [0.1, 0.15) is 5.69 Å². The van der Waals surface area contributed by atoms with Gasteiger partial charge in [-0.25, -0.2) is 9.97 Å². The summed E-state index contributed by atoms with van der Waals surface area (Å²) in [5.74, 6) is 0.173. The average Bonchev–Trinajstić information content (AvgIpc) is 2.36. The van der Waals surface area contributed by atoms with E-state index in [2.05, 4.69) is 15.3 Å². The summed E-state index contributed by atoms with van der Waals surface area (Å²) >= 11 is 1.27. The van der Waals surface area contributed by atoms with Gasteiger partial charge in [0.25, 0.3) is 0 Å². The van der Waals surface area contributed by atoms with Gasteiger partial charge in [-0.1, -0.05) is 17.8 Å². The summed E-state index contributed by atoms with van der Waals surface area (Å²) in [5, 5.41) is 12.6. The van der Waals surface area contributed by atoms with E-state index in [0.29, 0.717) is 10.8 Å². The SMILES string of the molecule is Cc1ccnc(SCC(=O)Nc2cccc(O)c2)n1. The molecule has 0 radical (unpaired) electrons. The van der Waals surface area contributed by atoms with E-state index < -0.39 is 0 Å². The van der Waals surface area contributed by atoms with Crippen molar-refractivity contribution in [3.05, 3.63) is 42.2 Å². The molecule has 0 saturated heterocycles. The van der Waals surface area contributed by atoms with Crippen LogP contribution in [0.2, 0.25) is 0 Å². The molecule has 1 aromatic carbocycles. The number of rotatable bonds is 4. The predicted octanol–water partition coefficient (Wildman–Crippen LogP) is 2.22. The summed E-state index contributed by atoms with van der Waals surface area (Å²) < 4.78 is 0. The summed E-state index contributed by atoms with van der Waals surface area (Å²) in [7, 11) is 0. The molecule has 2 aromatic rings. The van der Waals surface area contributed by atoms with E-state index in [1.807, 2.05) is 6.92 Å². The van der Waals surface area contributed by atoms with E-state index in [1.165, 1.54) is 17.8 Å². The van der Waals surface area contributed by atoms with E-state index >= 15 is 0 Å². The van der Waals surface area contributed by atoms with Crippen molar-refractivity contribution in [2.24, 2.45) is 0 Å². The van der Waals surface area contributed by atoms with Crippen molar-refractivity contribution in [1.29, 1.82) is 0 Å². The molecule has 0 spiro atoms. The van der Waals surface area contributed by atoms with Crippen molar-refractivity contribution in [3.63, 3.8) is 0 Å². The number of benzene rings is 1. The fraction of sp³-hybridized carbons (Fsp3) is 0.154. The second-order valence-electron chi connectivity index (χ2n) is 3.87. The summed E-state index contributed by atoms with van der Waals surface area (Å²) in [4.78, 5) is 20.0. The number of hydrogen-bond donors (Lipinski definition) is 2. The number of carbonyl (C=O) groups excluding carboxylic acids is 1. The Labute approximate surface area is 115 Å². The van der Waals surface area contributed by atoms with Gasteiger partial charge in [-0.3, -0.25) is 4.79 Å². The molecule has 2 N–H and O–H groups in total. The molecule has 0 bridgehead atoms. The minimum atomic E-state index is -0.166. The summed E-state index contributed by atoms with van der Waals surface area (Å²) in [6, 6.07) is 8.22. The second kappa shape index (κ2) is 6.19. The highest BCUT2D eigenvalue weighted by atomic mass is 32.2. The molecule has 0 fully saturated rings. The standard InChI is InChI=1S/C13H13N3O2S/c1-9-5-6-14-13(15-9)19-8-12(18)16-10-3-2-4-11(17)7-10/h2-7,17H,8H2,1H3,(H,16,18). The van der Waals surface area contributed by atoms with Crippen molar-refractivity contribution < 1.29 is 9.90 Å². The summed E-state index contributed by atoms with van der Waals surface area (Å²) in [5.41, 5.74) is 1.43. The zero-order chi connectivity index (χ0) is 13.7. The number of aromatic nitrogens is 2. The molecule has 0 saturated carbocycles. The fourth-order valence-electron chi connectivity index (χ4n) is 1.41. The van der Waals surface area contributed by atoms with Gasteiger partial charge in [-0.2, -0.15) is 0 Å². The molecule has 6 heteroatoms. The molecule has 5 nitrogen and oxygen atoms in total. The van der Waals surface area contributed by atoms with Gasteiger partial charge in [0.15, 0.2) is 5.16 Å². The van der Waals surface area contributed by atoms with Crippen LogP contribution in [-0.4, -0.2) is 26.7 Å². The first-order valence-corrected chi connectivity index (χ1v) is 6.63. The smallest absolute Gasteiger partial charge is 0.234 e. The van der Waals surface area contributed by atoms with E-state index in [4.69, 9.17) is 0 Å². The number of nitrogens with one attached hydrogen (secondary N) is 1. The molecule has 1 aromatic heterocycles. The minimum absolute atomic E-state index is 0.118. The van der Waals surface area contributed by atoms with Crippen LogP contribution in [0.4, 0.5) is 5.69 Å². The van der Waals surface area contributed by atoms with E-state index in [9.17, 15) is 9.90 Å². The van der Waals surface area contributed by atoms with Crippen molar-refractivity contribution in [3.8, 4) is 5.75 Å². The normalized spacial score (nSPS) is 10.2. The number of phenols is 1. The van der Waals surface area contributed by atoms with E-state index in [-0.39, 0.29) is 17.4 Å². The van der Waals surface area contributed by atoms with Crippen LogP contribution in [0.5, 0.6) is 5.75 Å². The van der Waals surface area contributed by atoms with E-state index in [0.717, 1.165) is 5.69 Å². The van der Waals surface area contributed by atoms with Crippen LogP contribution >= 0.6 is 11.8 Å². The molecule has 0 aliphatic heterocycles. The van der Waals surface area contributed by atoms with Gasteiger partial charge in [-0.05, 0) is 25.1 Å². The molecule has 1 heterocycles. The molecule has 0 atom stereocenters. The lowest BCUT2D eigenvalue weighted by molar-refractivity contribution is -0.113. The highest BCUT2D eigenvalue weighted by Gasteiger charge is 2.05. The zero-order valence-electron chi connectivity index (χ0n) is 10.3. The van der Waals surface area contributed by atoms with Gasteiger partial charge in [0.2, 0.25) is 5.91 Å². The molecule has 2 rings (SSSR count). The molecule has 0 aliphatic rings. The highest BCUT2D eigenvalue weighted by molar-refractivity contribution is 7.99. The van der Waals surface area contributed by atoms with Crippen LogP contribution in [0.15, 0.2) is 41.7 Å². The average molecular weight is 275 g/mol. The lowest BCUT2D eigenvalue weighted by Crippen LogP contribution is -2.14. The van der Waals surface area contributed by atoms with Gasteiger partial charge >= 0.3 is 0 Å². The van der Waals surface area contributed by atoms with Gasteiger partial charge in [0, 0.05) is 23.6 Å². The first kappa shape index (κ1) is 13.4. The maximum Gasteiger partial charge on any atom is 0.234 e. The van der Waals surface area contributed by atoms with Crippen molar-refractivity contribution in [1.82, 2.24) is 9.97 Å². The third-order valence-electron chi connectivity index (χ3n) is 2.23. The Morgan fingerprint density at radius 3 is 3.00 bits per heavy atom. The van der Waals surface area contributed by atoms with Gasteiger partial charge in [-0.15, -0.1) is 0 Å². The number of aromatic hydroxyl groups is 1. The van der Waals surface area contributed by atoms with Crippen molar-refractivity contribution >= 4 is 23.4 Å². The highest BCUT2D eigenvalue weighted by Crippen LogP contribution is 2.17. The maximum atomic E-state index is 11.7. The number of aryl methyl sites for hydroxylation is 1. The molecule has 0 aliphatic carbocycles. The number of hydrogen-bond acceptors (Lipinski definition) is 5. The van der Waals surface area contributed by atoms with E-state index in [1.54, 1.807) is 30.5 Å². The predicted molar refractivity (Wildman–Crippen MR) is 74.2 cm³/mol.